The third-order valence-electron chi connectivity index (χ3n) is 5.07. The molecule has 0 radical (unpaired) electrons. The molecule has 0 amide bonds. The number of hydrogen-bond acceptors (Lipinski definition) is 7. The number of esters is 1. The normalized spacial score (nSPS) is 15.4. The first-order chi connectivity index (χ1) is 14.1. The van der Waals surface area contributed by atoms with Crippen LogP contribution in [0.2, 0.25) is 0 Å². The van der Waals surface area contributed by atoms with E-state index < -0.39 is 0 Å². The van der Waals surface area contributed by atoms with Crippen molar-refractivity contribution < 1.29 is 9.53 Å². The van der Waals surface area contributed by atoms with Crippen molar-refractivity contribution in [3.8, 4) is 11.1 Å². The zero-order valence-corrected chi connectivity index (χ0v) is 16.8. The van der Waals surface area contributed by atoms with Crippen LogP contribution in [-0.4, -0.2) is 65.7 Å². The summed E-state index contributed by atoms with van der Waals surface area (Å²) in [5, 5.41) is 3.07. The summed E-state index contributed by atoms with van der Waals surface area (Å²) in [5.41, 5.74) is 6.49. The Morgan fingerprint density at radius 2 is 1.93 bits per heavy atom. The third-order valence-corrected chi connectivity index (χ3v) is 5.07. The molecule has 0 saturated carbocycles. The quantitative estimate of drug-likeness (QED) is 0.670. The maximum atomic E-state index is 12.3. The Morgan fingerprint density at radius 1 is 1.14 bits per heavy atom. The lowest BCUT2D eigenvalue weighted by Crippen LogP contribution is -2.47. The lowest BCUT2D eigenvalue weighted by atomic mass is 9.98. The molecule has 1 aliphatic heterocycles. The smallest absolute Gasteiger partial charge is 0.338 e. The van der Waals surface area contributed by atoms with Gasteiger partial charge in [-0.1, -0.05) is 24.3 Å². The SMILES string of the molecule is CCOC(=O)c1ccccc1-c1ccc2nc(NN3CCN(C)CC3)ncc2c1. The van der Waals surface area contributed by atoms with E-state index in [-0.39, 0.29) is 5.97 Å². The van der Waals surface area contributed by atoms with Gasteiger partial charge in [0.25, 0.3) is 0 Å². The highest BCUT2D eigenvalue weighted by molar-refractivity contribution is 5.98. The molecule has 0 bridgehead atoms. The minimum atomic E-state index is -0.314. The molecule has 1 saturated heterocycles. The number of nitrogens with zero attached hydrogens (tertiary/aromatic N) is 4. The average Bonchev–Trinajstić information content (AvgIpc) is 2.75. The maximum absolute atomic E-state index is 12.3. The molecule has 2 heterocycles. The summed E-state index contributed by atoms with van der Waals surface area (Å²) >= 11 is 0. The lowest BCUT2D eigenvalue weighted by Gasteiger charge is -2.32. The molecular weight excluding hydrogens is 366 g/mol. The van der Waals surface area contributed by atoms with Gasteiger partial charge in [0.1, 0.15) is 0 Å². The number of fused-ring (bicyclic) bond motifs is 1. The number of benzene rings is 2. The van der Waals surface area contributed by atoms with Gasteiger partial charge in [0.05, 0.1) is 17.7 Å². The van der Waals surface area contributed by atoms with E-state index in [0.717, 1.165) is 48.2 Å². The Balaban J connectivity index is 1.59. The average molecular weight is 391 g/mol. The Bertz CT molecular complexity index is 1020. The monoisotopic (exact) mass is 391 g/mol. The first kappa shape index (κ1) is 19.3. The number of ether oxygens (including phenoxy) is 1. The lowest BCUT2D eigenvalue weighted by molar-refractivity contribution is 0.0527. The van der Waals surface area contributed by atoms with Crippen LogP contribution in [0.25, 0.3) is 22.0 Å². The zero-order chi connectivity index (χ0) is 20.2. The minimum Gasteiger partial charge on any atom is -0.462 e. The maximum Gasteiger partial charge on any atom is 0.338 e. The largest absolute Gasteiger partial charge is 0.462 e. The molecule has 0 atom stereocenters. The molecule has 150 valence electrons. The summed E-state index contributed by atoms with van der Waals surface area (Å²) in [4.78, 5) is 23.7. The minimum absolute atomic E-state index is 0.314. The summed E-state index contributed by atoms with van der Waals surface area (Å²) in [7, 11) is 2.13. The number of piperazine rings is 1. The molecular formula is C22H25N5O2. The van der Waals surface area contributed by atoms with Crippen LogP contribution >= 0.6 is 0 Å². The van der Waals surface area contributed by atoms with E-state index >= 15 is 0 Å². The van der Waals surface area contributed by atoms with Gasteiger partial charge in [-0.25, -0.2) is 19.8 Å². The fourth-order valence-electron chi connectivity index (χ4n) is 3.44. The number of likely N-dealkylation sites (N-methyl/N-ethyl adjacent to an activating group) is 1. The van der Waals surface area contributed by atoms with Crippen molar-refractivity contribution in [2.24, 2.45) is 0 Å². The Kier molecular flexibility index (Phi) is 5.69. The van der Waals surface area contributed by atoms with E-state index in [2.05, 4.69) is 32.4 Å². The van der Waals surface area contributed by atoms with Gasteiger partial charge in [-0.3, -0.25) is 5.43 Å². The highest BCUT2D eigenvalue weighted by Crippen LogP contribution is 2.27. The molecule has 1 aliphatic rings. The second-order valence-corrected chi connectivity index (χ2v) is 7.14. The zero-order valence-electron chi connectivity index (χ0n) is 16.8. The van der Waals surface area contributed by atoms with Crippen LogP contribution < -0.4 is 5.43 Å². The summed E-state index contributed by atoms with van der Waals surface area (Å²) in [5.74, 6) is 0.285. The van der Waals surface area contributed by atoms with Crippen molar-refractivity contribution in [3.05, 3.63) is 54.2 Å². The van der Waals surface area contributed by atoms with E-state index in [9.17, 15) is 4.79 Å². The summed E-state index contributed by atoms with van der Waals surface area (Å²) < 4.78 is 5.19. The van der Waals surface area contributed by atoms with Crippen LogP contribution in [0, 0.1) is 0 Å². The topological polar surface area (TPSA) is 70.6 Å². The van der Waals surface area contributed by atoms with Crippen molar-refractivity contribution in [1.29, 1.82) is 0 Å². The fraction of sp³-hybridized carbons (Fsp3) is 0.318. The third kappa shape index (κ3) is 4.36. The number of hydrogen-bond donors (Lipinski definition) is 1. The van der Waals surface area contributed by atoms with Crippen molar-refractivity contribution in [2.75, 3.05) is 45.3 Å². The predicted octanol–water partition coefficient (Wildman–Crippen LogP) is 3.05. The van der Waals surface area contributed by atoms with Crippen LogP contribution in [0.15, 0.2) is 48.7 Å². The van der Waals surface area contributed by atoms with Crippen LogP contribution in [0.3, 0.4) is 0 Å². The second kappa shape index (κ2) is 8.55. The highest BCUT2D eigenvalue weighted by Gasteiger charge is 2.16. The Hall–Kier alpha value is -3.03. The van der Waals surface area contributed by atoms with Gasteiger partial charge in [0.15, 0.2) is 0 Å². The first-order valence-electron chi connectivity index (χ1n) is 9.87. The number of aromatic nitrogens is 2. The molecule has 1 aromatic heterocycles. The van der Waals surface area contributed by atoms with Gasteiger partial charge in [-0.05, 0) is 43.3 Å². The van der Waals surface area contributed by atoms with Crippen LogP contribution in [0.1, 0.15) is 17.3 Å². The van der Waals surface area contributed by atoms with Gasteiger partial charge in [-0.15, -0.1) is 0 Å². The first-order valence-corrected chi connectivity index (χ1v) is 9.87. The predicted molar refractivity (Wildman–Crippen MR) is 114 cm³/mol. The molecule has 7 nitrogen and oxygen atoms in total. The number of rotatable bonds is 5. The van der Waals surface area contributed by atoms with Crippen molar-refractivity contribution in [2.45, 2.75) is 6.92 Å². The van der Waals surface area contributed by atoms with Gasteiger partial charge in [0.2, 0.25) is 5.95 Å². The molecule has 1 fully saturated rings. The van der Waals surface area contributed by atoms with Gasteiger partial charge >= 0.3 is 5.97 Å². The molecule has 0 aliphatic carbocycles. The van der Waals surface area contributed by atoms with Crippen molar-refractivity contribution >= 4 is 22.8 Å². The van der Waals surface area contributed by atoms with Crippen LogP contribution in [0.5, 0.6) is 0 Å². The molecule has 3 aromatic rings. The van der Waals surface area contributed by atoms with Crippen LogP contribution in [-0.2, 0) is 4.74 Å². The van der Waals surface area contributed by atoms with E-state index in [4.69, 9.17) is 4.74 Å². The molecule has 0 spiro atoms. The number of carbonyl (C=O) groups excluding carboxylic acids is 1. The molecule has 29 heavy (non-hydrogen) atoms. The molecule has 0 unspecified atom stereocenters. The second-order valence-electron chi connectivity index (χ2n) is 7.14. The number of carbonyl (C=O) groups is 1. The molecule has 4 rings (SSSR count). The number of hydrazine groups is 1. The van der Waals surface area contributed by atoms with E-state index in [1.54, 1.807) is 6.07 Å². The Morgan fingerprint density at radius 3 is 2.72 bits per heavy atom. The molecule has 7 heteroatoms. The summed E-state index contributed by atoms with van der Waals surface area (Å²) in [6, 6.07) is 13.4. The van der Waals surface area contributed by atoms with Gasteiger partial charge < -0.3 is 9.64 Å². The van der Waals surface area contributed by atoms with Gasteiger partial charge in [-0.2, -0.15) is 0 Å². The van der Waals surface area contributed by atoms with E-state index in [1.807, 2.05) is 49.5 Å². The molecule has 2 aromatic carbocycles. The summed E-state index contributed by atoms with van der Waals surface area (Å²) in [6.07, 6.45) is 1.82. The number of nitrogens with one attached hydrogen (secondary N) is 1. The van der Waals surface area contributed by atoms with Crippen LogP contribution in [0.4, 0.5) is 5.95 Å². The number of anilines is 1. The van der Waals surface area contributed by atoms with Gasteiger partial charge in [0, 0.05) is 37.8 Å². The van der Waals surface area contributed by atoms with E-state index in [0.29, 0.717) is 18.1 Å². The van der Waals surface area contributed by atoms with Crippen molar-refractivity contribution in [3.63, 3.8) is 0 Å². The summed E-state index contributed by atoms with van der Waals surface area (Å²) in [6.45, 7) is 6.06. The Labute approximate surface area is 170 Å². The standard InChI is InChI=1S/C22H25N5O2/c1-3-29-21(28)19-7-5-4-6-18(19)16-8-9-20-17(14-16)15-23-22(24-20)25-27-12-10-26(2)11-13-27/h4-9,14-15H,3,10-13H2,1-2H3,(H,23,24,25). The van der Waals surface area contributed by atoms with Crippen molar-refractivity contribution in [1.82, 2.24) is 19.9 Å². The van der Waals surface area contributed by atoms with E-state index in [1.165, 1.54) is 0 Å². The highest BCUT2D eigenvalue weighted by atomic mass is 16.5. The fourth-order valence-corrected chi connectivity index (χ4v) is 3.44. The molecule has 1 N–H and O–H groups in total.